The van der Waals surface area contributed by atoms with Gasteiger partial charge >= 0.3 is 0 Å². The Bertz CT molecular complexity index is 186. The lowest BCUT2D eigenvalue weighted by Gasteiger charge is -2.12. The van der Waals surface area contributed by atoms with Crippen molar-refractivity contribution in [2.75, 3.05) is 0 Å². The number of hydrogen-bond donors (Lipinski definition) is 0. The Balaban J connectivity index is 2.57. The zero-order valence-corrected chi connectivity index (χ0v) is 6.21. The summed E-state index contributed by atoms with van der Waals surface area (Å²) in [6, 6.07) is 1.78. The maximum atomic E-state index is 12.9. The highest BCUT2D eigenvalue weighted by Crippen LogP contribution is 2.09. The van der Waals surface area contributed by atoms with Crippen LogP contribution >= 0.6 is 0 Å². The lowest BCUT2D eigenvalue weighted by molar-refractivity contribution is 0.179. The normalized spacial score (nSPS) is 11.9. The van der Waals surface area contributed by atoms with Gasteiger partial charge in [-0.3, -0.25) is 4.68 Å². The van der Waals surface area contributed by atoms with Gasteiger partial charge in [0.25, 0.3) is 0 Å². The van der Waals surface area contributed by atoms with Crippen LogP contribution < -0.4 is 0 Å². The molecule has 0 bridgehead atoms. The highest BCUT2D eigenvalue weighted by molar-refractivity contribution is 4.80. The van der Waals surface area contributed by atoms with E-state index in [-0.39, 0.29) is 0 Å². The molecule has 1 aromatic rings. The van der Waals surface area contributed by atoms with Crippen LogP contribution in [-0.2, 0) is 6.54 Å². The minimum absolute atomic E-state index is 0.319. The Kier molecular flexibility index (Phi) is 1.74. The van der Waals surface area contributed by atoms with Crippen LogP contribution in [0.4, 0.5) is 4.39 Å². The van der Waals surface area contributed by atoms with Crippen molar-refractivity contribution in [3.8, 4) is 0 Å². The van der Waals surface area contributed by atoms with E-state index in [9.17, 15) is 4.39 Å². The van der Waals surface area contributed by atoms with E-state index in [1.165, 1.54) is 13.8 Å². The molecule has 0 N–H and O–H groups in total. The number of nitrogens with zero attached hydrogens (tertiary/aromatic N) is 2. The smallest absolute Gasteiger partial charge is 0.124 e. The number of alkyl halides is 1. The van der Waals surface area contributed by atoms with Crippen molar-refractivity contribution in [2.45, 2.75) is 26.1 Å². The molecule has 1 heterocycles. The van der Waals surface area contributed by atoms with Crippen molar-refractivity contribution in [3.63, 3.8) is 0 Å². The van der Waals surface area contributed by atoms with Crippen LogP contribution in [0, 0.1) is 0 Å². The highest BCUT2D eigenvalue weighted by atomic mass is 19.1. The Hall–Kier alpha value is -0.860. The Morgan fingerprint density at radius 3 is 2.70 bits per heavy atom. The van der Waals surface area contributed by atoms with Gasteiger partial charge in [-0.15, -0.1) is 0 Å². The molecule has 0 saturated carbocycles. The first-order valence-electron chi connectivity index (χ1n) is 3.24. The predicted molar refractivity (Wildman–Crippen MR) is 37.4 cm³/mol. The van der Waals surface area contributed by atoms with Crippen LogP contribution in [0.3, 0.4) is 0 Å². The molecular weight excluding hydrogens is 131 g/mol. The fourth-order valence-corrected chi connectivity index (χ4v) is 0.779. The van der Waals surface area contributed by atoms with Crippen molar-refractivity contribution in [1.29, 1.82) is 0 Å². The summed E-state index contributed by atoms with van der Waals surface area (Å²) in [5.41, 5.74) is -1.17. The molecular formula is C7H11FN2. The fraction of sp³-hybridized carbons (Fsp3) is 0.571. The zero-order valence-electron chi connectivity index (χ0n) is 6.21. The van der Waals surface area contributed by atoms with E-state index in [0.717, 1.165) is 0 Å². The first kappa shape index (κ1) is 7.25. The monoisotopic (exact) mass is 142 g/mol. The maximum Gasteiger partial charge on any atom is 0.124 e. The maximum absolute atomic E-state index is 12.9. The SMILES string of the molecule is CC(C)(F)Cn1cccn1. The van der Waals surface area contributed by atoms with E-state index in [2.05, 4.69) is 5.10 Å². The molecule has 3 heteroatoms. The van der Waals surface area contributed by atoms with Crippen LogP contribution in [0.2, 0.25) is 0 Å². The van der Waals surface area contributed by atoms with Gasteiger partial charge in [0.1, 0.15) is 5.67 Å². The van der Waals surface area contributed by atoms with Gasteiger partial charge in [0.05, 0.1) is 6.54 Å². The largest absolute Gasteiger partial charge is 0.270 e. The van der Waals surface area contributed by atoms with Gasteiger partial charge in [-0.1, -0.05) is 0 Å². The van der Waals surface area contributed by atoms with E-state index in [0.29, 0.717) is 6.54 Å². The van der Waals surface area contributed by atoms with Gasteiger partial charge in [-0.25, -0.2) is 4.39 Å². The molecule has 0 fully saturated rings. The first-order chi connectivity index (χ1) is 4.58. The molecule has 1 rings (SSSR count). The molecule has 0 saturated heterocycles. The van der Waals surface area contributed by atoms with E-state index < -0.39 is 5.67 Å². The second-order valence-electron chi connectivity index (χ2n) is 2.92. The van der Waals surface area contributed by atoms with E-state index in [4.69, 9.17) is 0 Å². The van der Waals surface area contributed by atoms with E-state index in [1.807, 2.05) is 0 Å². The van der Waals surface area contributed by atoms with Gasteiger partial charge < -0.3 is 0 Å². The summed E-state index contributed by atoms with van der Waals surface area (Å²) in [4.78, 5) is 0. The fourth-order valence-electron chi connectivity index (χ4n) is 0.779. The van der Waals surface area contributed by atoms with Crippen LogP contribution in [-0.4, -0.2) is 15.4 Å². The van der Waals surface area contributed by atoms with Gasteiger partial charge in [-0.2, -0.15) is 5.10 Å². The highest BCUT2D eigenvalue weighted by Gasteiger charge is 2.15. The quantitative estimate of drug-likeness (QED) is 0.613. The molecule has 2 nitrogen and oxygen atoms in total. The molecule has 0 aliphatic rings. The van der Waals surface area contributed by atoms with Crippen LogP contribution in [0.5, 0.6) is 0 Å². The van der Waals surface area contributed by atoms with Crippen LogP contribution in [0.15, 0.2) is 18.5 Å². The Labute approximate surface area is 59.7 Å². The zero-order chi connectivity index (χ0) is 7.61. The molecule has 0 atom stereocenters. The van der Waals surface area contributed by atoms with Gasteiger partial charge in [-0.05, 0) is 19.9 Å². The van der Waals surface area contributed by atoms with Crippen molar-refractivity contribution in [1.82, 2.24) is 9.78 Å². The molecule has 0 spiro atoms. The average Bonchev–Trinajstić information content (AvgIpc) is 2.12. The molecule has 56 valence electrons. The van der Waals surface area contributed by atoms with E-state index in [1.54, 1.807) is 23.1 Å². The third kappa shape index (κ3) is 2.17. The van der Waals surface area contributed by atoms with Crippen LogP contribution in [0.25, 0.3) is 0 Å². The van der Waals surface area contributed by atoms with Crippen molar-refractivity contribution < 1.29 is 4.39 Å². The average molecular weight is 142 g/mol. The number of hydrogen-bond acceptors (Lipinski definition) is 1. The first-order valence-corrected chi connectivity index (χ1v) is 3.24. The summed E-state index contributed by atoms with van der Waals surface area (Å²) < 4.78 is 14.5. The van der Waals surface area contributed by atoms with Gasteiger partial charge in [0, 0.05) is 12.4 Å². The molecule has 0 aliphatic carbocycles. The van der Waals surface area contributed by atoms with E-state index >= 15 is 0 Å². The number of rotatable bonds is 2. The van der Waals surface area contributed by atoms with Crippen LogP contribution in [0.1, 0.15) is 13.8 Å². The Morgan fingerprint density at radius 2 is 2.30 bits per heavy atom. The third-order valence-electron chi connectivity index (χ3n) is 1.10. The van der Waals surface area contributed by atoms with Crippen molar-refractivity contribution in [3.05, 3.63) is 18.5 Å². The second kappa shape index (κ2) is 2.40. The minimum Gasteiger partial charge on any atom is -0.270 e. The van der Waals surface area contributed by atoms with Crippen molar-refractivity contribution in [2.24, 2.45) is 0 Å². The standard InChI is InChI=1S/C7H11FN2/c1-7(2,8)6-10-5-3-4-9-10/h3-5H,6H2,1-2H3. The topological polar surface area (TPSA) is 17.8 Å². The Morgan fingerprint density at radius 1 is 1.60 bits per heavy atom. The second-order valence-corrected chi connectivity index (χ2v) is 2.92. The lowest BCUT2D eigenvalue weighted by Crippen LogP contribution is -2.20. The molecule has 0 unspecified atom stereocenters. The molecule has 0 aromatic carbocycles. The van der Waals surface area contributed by atoms with Gasteiger partial charge in [0.2, 0.25) is 0 Å². The summed E-state index contributed by atoms with van der Waals surface area (Å²) in [6.45, 7) is 3.39. The molecule has 1 aromatic heterocycles. The molecule has 0 radical (unpaired) electrons. The number of halogens is 1. The number of aromatic nitrogens is 2. The summed E-state index contributed by atoms with van der Waals surface area (Å²) in [5, 5.41) is 3.88. The lowest BCUT2D eigenvalue weighted by atomic mass is 10.2. The van der Waals surface area contributed by atoms with Gasteiger partial charge in [0.15, 0.2) is 0 Å². The predicted octanol–water partition coefficient (Wildman–Crippen LogP) is 1.63. The third-order valence-corrected chi connectivity index (χ3v) is 1.10. The minimum atomic E-state index is -1.17. The molecule has 0 amide bonds. The van der Waals surface area contributed by atoms with Crippen molar-refractivity contribution >= 4 is 0 Å². The summed E-state index contributed by atoms with van der Waals surface area (Å²) in [6.07, 6.45) is 3.40. The summed E-state index contributed by atoms with van der Waals surface area (Å²) in [5.74, 6) is 0. The summed E-state index contributed by atoms with van der Waals surface area (Å²) in [7, 11) is 0. The molecule has 10 heavy (non-hydrogen) atoms. The summed E-state index contributed by atoms with van der Waals surface area (Å²) >= 11 is 0. The molecule has 0 aliphatic heterocycles.